The monoisotopic (exact) mass is 458 g/mol. The molecule has 31 heavy (non-hydrogen) atoms. The number of anilines is 1. The summed E-state index contributed by atoms with van der Waals surface area (Å²) in [5.74, 6) is -2.13. The standard InChI is InChI=1S/C19H23ClN2O9/c1-9(23)28-8-14-16(29-10(2)24)17(30-11(3)25)15(18(26)31-14)22-19(27)21-13-6-4-12(20)5-7-13/h4-7,14-18,26H,8H2,1-3H3,(H2,21,22,27)/t14-,15-,16-,17-,18+/m1/s1. The number of halogens is 1. The second kappa shape index (κ2) is 10.9. The van der Waals surface area contributed by atoms with Gasteiger partial charge in [0.15, 0.2) is 18.5 Å². The van der Waals surface area contributed by atoms with Gasteiger partial charge in [-0.15, -0.1) is 0 Å². The molecule has 2 amide bonds. The van der Waals surface area contributed by atoms with E-state index < -0.39 is 54.6 Å². The lowest BCUT2D eigenvalue weighted by atomic mass is 9.96. The zero-order chi connectivity index (χ0) is 23.1. The predicted octanol–water partition coefficient (Wildman–Crippen LogP) is 0.974. The molecule has 2 rings (SSSR count). The van der Waals surface area contributed by atoms with E-state index >= 15 is 0 Å². The van der Waals surface area contributed by atoms with Gasteiger partial charge in [-0.2, -0.15) is 0 Å². The van der Waals surface area contributed by atoms with E-state index in [0.717, 1.165) is 20.8 Å². The lowest BCUT2D eigenvalue weighted by Gasteiger charge is -2.43. The molecule has 12 heteroatoms. The summed E-state index contributed by atoms with van der Waals surface area (Å²) in [6.45, 7) is 3.01. The normalized spacial score (nSPS) is 25.1. The molecule has 170 valence electrons. The molecule has 0 saturated carbocycles. The number of benzene rings is 1. The lowest BCUT2D eigenvalue weighted by Crippen LogP contribution is -2.66. The predicted molar refractivity (Wildman–Crippen MR) is 106 cm³/mol. The van der Waals surface area contributed by atoms with Crippen LogP contribution in [0.1, 0.15) is 20.8 Å². The minimum Gasteiger partial charge on any atom is -0.463 e. The lowest BCUT2D eigenvalue weighted by molar-refractivity contribution is -0.263. The van der Waals surface area contributed by atoms with Crippen LogP contribution in [-0.2, 0) is 33.3 Å². The first kappa shape index (κ1) is 24.4. The average Bonchev–Trinajstić information content (AvgIpc) is 2.66. The first-order chi connectivity index (χ1) is 14.6. The molecule has 0 aliphatic carbocycles. The van der Waals surface area contributed by atoms with Crippen LogP contribution in [0.4, 0.5) is 10.5 Å². The zero-order valence-electron chi connectivity index (χ0n) is 17.0. The van der Waals surface area contributed by atoms with Crippen LogP contribution in [0, 0.1) is 0 Å². The van der Waals surface area contributed by atoms with E-state index in [1.54, 1.807) is 24.3 Å². The highest BCUT2D eigenvalue weighted by Gasteiger charge is 2.50. The SMILES string of the molecule is CC(=O)OC[C@H]1O[C@H](O)[C@H](NC(=O)Nc2ccc(Cl)cc2)[C@@H](OC(C)=O)[C@@H]1OC(C)=O. The van der Waals surface area contributed by atoms with Crippen molar-refractivity contribution in [2.24, 2.45) is 0 Å². The Balaban J connectivity index is 2.22. The topological polar surface area (TPSA) is 149 Å². The van der Waals surface area contributed by atoms with Gasteiger partial charge in [0.25, 0.3) is 0 Å². The number of rotatable bonds is 6. The molecule has 1 aromatic rings. The van der Waals surface area contributed by atoms with E-state index in [1.807, 2.05) is 0 Å². The number of aliphatic hydroxyl groups is 1. The Morgan fingerprint density at radius 2 is 1.58 bits per heavy atom. The molecule has 3 N–H and O–H groups in total. The van der Waals surface area contributed by atoms with Crippen LogP contribution in [0.25, 0.3) is 0 Å². The summed E-state index contributed by atoms with van der Waals surface area (Å²) in [7, 11) is 0. The molecule has 1 saturated heterocycles. The molecular formula is C19H23ClN2O9. The molecule has 0 aromatic heterocycles. The quantitative estimate of drug-likeness (QED) is 0.418. The molecule has 0 bridgehead atoms. The number of aliphatic hydroxyl groups excluding tert-OH is 1. The Kier molecular flexibility index (Phi) is 8.60. The minimum absolute atomic E-state index is 0.383. The van der Waals surface area contributed by atoms with Crippen molar-refractivity contribution < 1.29 is 43.2 Å². The second-order valence-electron chi connectivity index (χ2n) is 6.65. The highest BCUT2D eigenvalue weighted by molar-refractivity contribution is 6.30. The van der Waals surface area contributed by atoms with Crippen molar-refractivity contribution in [2.45, 2.75) is 51.4 Å². The van der Waals surface area contributed by atoms with Crippen LogP contribution in [0.5, 0.6) is 0 Å². The number of ether oxygens (including phenoxy) is 4. The molecule has 0 radical (unpaired) electrons. The molecule has 0 unspecified atom stereocenters. The van der Waals surface area contributed by atoms with Gasteiger partial charge < -0.3 is 34.7 Å². The van der Waals surface area contributed by atoms with Gasteiger partial charge in [-0.25, -0.2) is 4.79 Å². The molecule has 11 nitrogen and oxygen atoms in total. The van der Waals surface area contributed by atoms with Gasteiger partial charge in [0.05, 0.1) is 0 Å². The van der Waals surface area contributed by atoms with Gasteiger partial charge in [-0.1, -0.05) is 11.6 Å². The van der Waals surface area contributed by atoms with E-state index in [4.69, 9.17) is 30.5 Å². The van der Waals surface area contributed by atoms with Gasteiger partial charge in [0, 0.05) is 31.5 Å². The second-order valence-corrected chi connectivity index (χ2v) is 7.08. The number of carbonyl (C=O) groups is 4. The summed E-state index contributed by atoms with van der Waals surface area (Å²) >= 11 is 5.81. The van der Waals surface area contributed by atoms with E-state index in [0.29, 0.717) is 10.7 Å². The molecule has 1 fully saturated rings. The Bertz CT molecular complexity index is 817. The Morgan fingerprint density at radius 1 is 1.00 bits per heavy atom. The van der Waals surface area contributed by atoms with Gasteiger partial charge in [-0.3, -0.25) is 14.4 Å². The Labute approximate surface area is 182 Å². The Hall–Kier alpha value is -2.89. The molecule has 1 aliphatic heterocycles. The third-order valence-corrected chi connectivity index (χ3v) is 4.37. The number of hydrogen-bond donors (Lipinski definition) is 3. The molecular weight excluding hydrogens is 436 g/mol. The van der Waals surface area contributed by atoms with Gasteiger partial charge in [0.2, 0.25) is 0 Å². The molecule has 1 aromatic carbocycles. The van der Waals surface area contributed by atoms with Crippen LogP contribution in [0.3, 0.4) is 0 Å². The van der Waals surface area contributed by atoms with Crippen LogP contribution in [0.15, 0.2) is 24.3 Å². The number of hydrogen-bond acceptors (Lipinski definition) is 9. The summed E-state index contributed by atoms with van der Waals surface area (Å²) in [4.78, 5) is 46.9. The number of carbonyl (C=O) groups excluding carboxylic acids is 4. The first-order valence-corrected chi connectivity index (χ1v) is 9.59. The fourth-order valence-corrected chi connectivity index (χ4v) is 3.05. The summed E-state index contributed by atoms with van der Waals surface area (Å²) in [5.41, 5.74) is 0.404. The van der Waals surface area contributed by atoms with Crippen LogP contribution in [0.2, 0.25) is 5.02 Å². The molecule has 1 heterocycles. The summed E-state index contributed by atoms with van der Waals surface area (Å²) < 4.78 is 20.7. The number of urea groups is 1. The maximum Gasteiger partial charge on any atom is 0.319 e. The number of amides is 2. The van der Waals surface area contributed by atoms with Crippen molar-refractivity contribution in [3.63, 3.8) is 0 Å². The van der Waals surface area contributed by atoms with Gasteiger partial charge in [-0.05, 0) is 24.3 Å². The summed E-state index contributed by atoms with van der Waals surface area (Å²) in [6, 6.07) is 4.16. The van der Waals surface area contributed by atoms with Crippen molar-refractivity contribution in [3.05, 3.63) is 29.3 Å². The van der Waals surface area contributed by atoms with Crippen LogP contribution in [-0.4, -0.2) is 66.3 Å². The zero-order valence-corrected chi connectivity index (χ0v) is 17.8. The smallest absolute Gasteiger partial charge is 0.319 e. The van der Waals surface area contributed by atoms with E-state index in [-0.39, 0.29) is 6.61 Å². The van der Waals surface area contributed by atoms with Crippen molar-refractivity contribution in [1.82, 2.24) is 5.32 Å². The third-order valence-electron chi connectivity index (χ3n) is 4.12. The third kappa shape index (κ3) is 7.39. The minimum atomic E-state index is -1.67. The summed E-state index contributed by atoms with van der Waals surface area (Å²) in [6.07, 6.45) is -5.43. The fourth-order valence-electron chi connectivity index (χ4n) is 2.92. The molecule has 0 spiro atoms. The van der Waals surface area contributed by atoms with E-state index in [2.05, 4.69) is 10.6 Å². The summed E-state index contributed by atoms with van der Waals surface area (Å²) in [5, 5.41) is 15.9. The van der Waals surface area contributed by atoms with Crippen molar-refractivity contribution in [1.29, 1.82) is 0 Å². The average molecular weight is 459 g/mol. The maximum absolute atomic E-state index is 12.4. The highest BCUT2D eigenvalue weighted by atomic mass is 35.5. The molecule has 1 aliphatic rings. The van der Waals surface area contributed by atoms with Gasteiger partial charge >= 0.3 is 23.9 Å². The fraction of sp³-hybridized carbons (Fsp3) is 0.474. The first-order valence-electron chi connectivity index (χ1n) is 9.21. The van der Waals surface area contributed by atoms with Gasteiger partial charge in [0.1, 0.15) is 18.8 Å². The van der Waals surface area contributed by atoms with E-state index in [9.17, 15) is 24.3 Å². The number of esters is 3. The van der Waals surface area contributed by atoms with E-state index in [1.165, 1.54) is 0 Å². The van der Waals surface area contributed by atoms with Crippen molar-refractivity contribution >= 4 is 41.2 Å². The molecule has 5 atom stereocenters. The maximum atomic E-state index is 12.4. The highest BCUT2D eigenvalue weighted by Crippen LogP contribution is 2.26. The number of nitrogens with one attached hydrogen (secondary N) is 2. The van der Waals surface area contributed by atoms with Crippen molar-refractivity contribution in [2.75, 3.05) is 11.9 Å². The van der Waals surface area contributed by atoms with Crippen molar-refractivity contribution in [3.8, 4) is 0 Å². The van der Waals surface area contributed by atoms with Crippen LogP contribution < -0.4 is 10.6 Å². The van der Waals surface area contributed by atoms with Crippen LogP contribution >= 0.6 is 11.6 Å². The Morgan fingerprint density at radius 3 is 2.13 bits per heavy atom. The largest absolute Gasteiger partial charge is 0.463 e.